The molecule has 0 atom stereocenters. The van der Waals surface area contributed by atoms with E-state index >= 15 is 0 Å². The molecule has 0 N–H and O–H groups in total. The first kappa shape index (κ1) is 16.5. The molecule has 1 aliphatic carbocycles. The van der Waals surface area contributed by atoms with Crippen molar-refractivity contribution < 1.29 is 0 Å². The topological polar surface area (TPSA) is 44.0 Å². The van der Waals surface area contributed by atoms with Crippen LogP contribution in [0.4, 0.5) is 0 Å². The first-order valence-corrected chi connectivity index (χ1v) is 9.19. The van der Waals surface area contributed by atoms with E-state index in [0.717, 1.165) is 28.0 Å². The normalized spacial score (nSPS) is 13.0. The van der Waals surface area contributed by atoms with E-state index in [9.17, 15) is 9.59 Å². The molecule has 0 aliphatic heterocycles. The van der Waals surface area contributed by atoms with Crippen LogP contribution in [0.2, 0.25) is 0 Å². The number of para-hydroxylation sites is 1. The Labute approximate surface area is 161 Å². The van der Waals surface area contributed by atoms with Gasteiger partial charge in [-0.2, -0.15) is 0 Å². The molecule has 0 spiro atoms. The monoisotopic (exact) mass is 366 g/mol. The van der Waals surface area contributed by atoms with Crippen molar-refractivity contribution in [2.75, 3.05) is 0 Å². The second-order valence-electron chi connectivity index (χ2n) is 7.16. The minimum Gasteiger partial charge on any atom is -0.343 e. The van der Waals surface area contributed by atoms with E-state index in [4.69, 9.17) is 0 Å². The van der Waals surface area contributed by atoms with Crippen LogP contribution in [-0.2, 0) is 7.05 Å². The van der Waals surface area contributed by atoms with E-state index < -0.39 is 0 Å². The summed E-state index contributed by atoms with van der Waals surface area (Å²) in [7, 11) is 1.90. The van der Waals surface area contributed by atoms with Gasteiger partial charge in [0.1, 0.15) is 5.39 Å². The molecule has 0 bridgehead atoms. The summed E-state index contributed by atoms with van der Waals surface area (Å²) in [6.07, 6.45) is 5.90. The number of aryl methyl sites for hydroxylation is 2. The molecule has 0 fully saturated rings. The molecule has 2 heterocycles. The molecule has 2 aromatic heterocycles. The third-order valence-electron chi connectivity index (χ3n) is 5.40. The zero-order chi connectivity index (χ0) is 19.4. The Morgan fingerprint density at radius 2 is 1.64 bits per heavy atom. The van der Waals surface area contributed by atoms with Crippen molar-refractivity contribution in [3.63, 3.8) is 0 Å². The minimum absolute atomic E-state index is 0.217. The Hall–Kier alpha value is -3.66. The highest BCUT2D eigenvalue weighted by Gasteiger charge is 2.19. The van der Waals surface area contributed by atoms with Crippen LogP contribution in [0.3, 0.4) is 0 Å². The first-order valence-electron chi connectivity index (χ1n) is 9.19. The molecule has 2 aromatic carbocycles. The third-order valence-corrected chi connectivity index (χ3v) is 5.40. The van der Waals surface area contributed by atoms with E-state index in [1.54, 1.807) is 4.57 Å². The lowest BCUT2D eigenvalue weighted by Crippen LogP contribution is -2.28. The van der Waals surface area contributed by atoms with Crippen molar-refractivity contribution in [1.82, 2.24) is 9.13 Å². The number of aromatic nitrogens is 2. The fourth-order valence-corrected chi connectivity index (χ4v) is 3.87. The highest BCUT2D eigenvalue weighted by molar-refractivity contribution is 5.95. The molecular formula is C24H18N2O2. The lowest BCUT2D eigenvalue weighted by molar-refractivity contribution is 0.954. The Morgan fingerprint density at radius 1 is 0.893 bits per heavy atom. The van der Waals surface area contributed by atoms with E-state index in [1.165, 1.54) is 0 Å². The number of hydrogen-bond acceptors (Lipinski definition) is 2. The third kappa shape index (κ3) is 2.24. The second-order valence-corrected chi connectivity index (χ2v) is 7.16. The number of fused-ring (bicyclic) bond motifs is 2. The van der Waals surface area contributed by atoms with E-state index in [1.807, 2.05) is 91.4 Å². The van der Waals surface area contributed by atoms with E-state index in [-0.39, 0.29) is 16.4 Å². The van der Waals surface area contributed by atoms with Gasteiger partial charge in [0.25, 0.3) is 5.56 Å². The summed E-state index contributed by atoms with van der Waals surface area (Å²) in [5, 5.41) is 0.791. The lowest BCUT2D eigenvalue weighted by Gasteiger charge is -2.19. The first-order chi connectivity index (χ1) is 13.6. The maximum absolute atomic E-state index is 13.6. The predicted octanol–water partition coefficient (Wildman–Crippen LogP) is 4.10. The number of benzene rings is 2. The summed E-state index contributed by atoms with van der Waals surface area (Å²) < 4.78 is 3.58. The quantitative estimate of drug-likeness (QED) is 0.501. The fraction of sp³-hybridized carbons (Fsp3) is 0.0833. The number of nitrogens with zero attached hydrogens (tertiary/aromatic N) is 2. The van der Waals surface area contributed by atoms with E-state index in [0.29, 0.717) is 10.9 Å². The Morgan fingerprint density at radius 3 is 2.32 bits per heavy atom. The maximum Gasteiger partial charge on any atom is 0.268 e. The van der Waals surface area contributed by atoms with Crippen LogP contribution in [0.25, 0.3) is 33.1 Å². The van der Waals surface area contributed by atoms with Gasteiger partial charge in [-0.25, -0.2) is 0 Å². The van der Waals surface area contributed by atoms with Crippen molar-refractivity contribution in [2.24, 2.45) is 7.05 Å². The molecule has 4 aromatic rings. The summed E-state index contributed by atoms with van der Waals surface area (Å²) in [5.74, 6) is 0. The van der Waals surface area contributed by atoms with Crippen molar-refractivity contribution in [3.05, 3.63) is 105 Å². The zero-order valence-electron chi connectivity index (χ0n) is 15.6. The van der Waals surface area contributed by atoms with Gasteiger partial charge in [0.05, 0.1) is 16.7 Å². The Kier molecular flexibility index (Phi) is 3.49. The smallest absolute Gasteiger partial charge is 0.268 e. The number of pyridine rings is 2. The average molecular weight is 366 g/mol. The summed E-state index contributed by atoms with van der Waals surface area (Å²) in [4.78, 5) is 26.9. The SMILES string of the molecule is Cc1ccc2c(c1)c(=O)c1c(=O)n(-c3ccccc3)c(C3=CC=C3)cc1n2C. The van der Waals surface area contributed by atoms with Gasteiger partial charge in [0.2, 0.25) is 5.43 Å². The van der Waals surface area contributed by atoms with Gasteiger partial charge in [-0.05, 0) is 42.8 Å². The van der Waals surface area contributed by atoms with Crippen LogP contribution >= 0.6 is 0 Å². The van der Waals surface area contributed by atoms with Crippen LogP contribution < -0.4 is 11.0 Å². The van der Waals surface area contributed by atoms with Crippen molar-refractivity contribution in [3.8, 4) is 5.69 Å². The average Bonchev–Trinajstić information content (AvgIpc) is 2.65. The van der Waals surface area contributed by atoms with Gasteiger partial charge < -0.3 is 4.57 Å². The van der Waals surface area contributed by atoms with Crippen molar-refractivity contribution in [2.45, 2.75) is 6.92 Å². The van der Waals surface area contributed by atoms with Gasteiger partial charge in [-0.1, -0.05) is 48.1 Å². The van der Waals surface area contributed by atoms with Crippen molar-refractivity contribution in [1.29, 1.82) is 0 Å². The molecule has 5 rings (SSSR count). The van der Waals surface area contributed by atoms with Crippen LogP contribution in [0.15, 0.2) is 82.4 Å². The Balaban J connectivity index is 2.02. The standard InChI is InChI=1S/C24H18N2O2/c1-15-11-12-19-18(13-15)23(27)22-21(25(19)2)14-20(16-7-6-8-16)26(24(22)28)17-9-4-3-5-10-17/h3-14H,1-2H3. The molecule has 136 valence electrons. The molecule has 28 heavy (non-hydrogen) atoms. The van der Waals surface area contributed by atoms with Crippen LogP contribution in [0.5, 0.6) is 0 Å². The summed E-state index contributed by atoms with van der Waals surface area (Å²) in [6, 6.07) is 17.2. The minimum atomic E-state index is -0.288. The lowest BCUT2D eigenvalue weighted by atomic mass is 10.0. The fourth-order valence-electron chi connectivity index (χ4n) is 3.87. The Bertz CT molecular complexity index is 1450. The molecule has 4 heteroatoms. The number of hydrogen-bond donors (Lipinski definition) is 0. The van der Waals surface area contributed by atoms with E-state index in [2.05, 4.69) is 0 Å². The number of rotatable bonds is 2. The van der Waals surface area contributed by atoms with Gasteiger partial charge >= 0.3 is 0 Å². The van der Waals surface area contributed by atoms with Crippen LogP contribution in [-0.4, -0.2) is 9.13 Å². The largest absolute Gasteiger partial charge is 0.343 e. The molecular weight excluding hydrogens is 348 g/mol. The maximum atomic E-state index is 13.6. The molecule has 0 radical (unpaired) electrons. The highest BCUT2D eigenvalue weighted by atomic mass is 16.1. The van der Waals surface area contributed by atoms with Gasteiger partial charge in [-0.15, -0.1) is 0 Å². The summed E-state index contributed by atoms with van der Waals surface area (Å²) in [5.41, 5.74) is 4.46. The molecule has 0 amide bonds. The van der Waals surface area contributed by atoms with Gasteiger partial charge in [0.15, 0.2) is 0 Å². The highest BCUT2D eigenvalue weighted by Crippen LogP contribution is 2.27. The molecule has 4 nitrogen and oxygen atoms in total. The van der Waals surface area contributed by atoms with Gasteiger partial charge in [-0.3, -0.25) is 14.2 Å². The molecule has 0 unspecified atom stereocenters. The number of allylic oxidation sites excluding steroid dienone is 4. The molecule has 1 aliphatic rings. The second kappa shape index (κ2) is 5.92. The molecule has 0 saturated heterocycles. The zero-order valence-corrected chi connectivity index (χ0v) is 15.6. The van der Waals surface area contributed by atoms with Crippen molar-refractivity contribution >= 4 is 27.4 Å². The van der Waals surface area contributed by atoms with Crippen LogP contribution in [0, 0.1) is 6.92 Å². The van der Waals surface area contributed by atoms with Gasteiger partial charge in [0, 0.05) is 18.1 Å². The predicted molar refractivity (Wildman–Crippen MR) is 114 cm³/mol. The van der Waals surface area contributed by atoms with Crippen LogP contribution in [0.1, 0.15) is 11.3 Å². The summed E-state index contributed by atoms with van der Waals surface area (Å²) in [6.45, 7) is 1.95. The molecule has 0 saturated carbocycles. The summed E-state index contributed by atoms with van der Waals surface area (Å²) >= 11 is 0.